The van der Waals surface area contributed by atoms with E-state index in [0.717, 1.165) is 0 Å². The zero-order valence-corrected chi connectivity index (χ0v) is 9.34. The minimum absolute atomic E-state index is 0.0254. The molecule has 2 N–H and O–H groups in total. The highest BCUT2D eigenvalue weighted by Gasteiger charge is 2.15. The maximum absolute atomic E-state index is 11.8. The van der Waals surface area contributed by atoms with Crippen LogP contribution in [0, 0.1) is 0 Å². The van der Waals surface area contributed by atoms with Crippen LogP contribution in [0.4, 0.5) is 5.95 Å². The average Bonchev–Trinajstić information content (AvgIpc) is 2.51. The van der Waals surface area contributed by atoms with Gasteiger partial charge in [-0.2, -0.15) is 0 Å². The number of carbonyl (C=O) groups is 1. The molecule has 0 saturated carbocycles. The van der Waals surface area contributed by atoms with Crippen molar-refractivity contribution in [1.82, 2.24) is 19.7 Å². The Hall–Kier alpha value is -1.59. The molecule has 0 spiro atoms. The van der Waals surface area contributed by atoms with Crippen molar-refractivity contribution in [1.29, 1.82) is 0 Å². The molecule has 1 rings (SSSR count). The van der Waals surface area contributed by atoms with Crippen molar-refractivity contribution < 1.29 is 4.79 Å². The molecule has 15 heavy (non-hydrogen) atoms. The summed E-state index contributed by atoms with van der Waals surface area (Å²) in [6.07, 6.45) is 1.46. The second kappa shape index (κ2) is 4.77. The van der Waals surface area contributed by atoms with Gasteiger partial charge in [0.05, 0.1) is 0 Å². The number of hydrogen-bond donors (Lipinski definition) is 1. The predicted octanol–water partition coefficient (Wildman–Crippen LogP) is 0.117. The van der Waals surface area contributed by atoms with Crippen LogP contribution in [0.5, 0.6) is 0 Å². The first-order valence-corrected chi connectivity index (χ1v) is 4.99. The molecule has 1 amide bonds. The molecule has 0 fully saturated rings. The molecule has 84 valence electrons. The number of hydrogen-bond acceptors (Lipinski definition) is 4. The van der Waals surface area contributed by atoms with E-state index in [9.17, 15) is 4.79 Å². The molecule has 0 saturated heterocycles. The van der Waals surface area contributed by atoms with Gasteiger partial charge in [0.2, 0.25) is 11.9 Å². The second-order valence-corrected chi connectivity index (χ2v) is 3.57. The molecule has 0 aliphatic heterocycles. The maximum Gasteiger partial charge on any atom is 0.244 e. The van der Waals surface area contributed by atoms with E-state index in [2.05, 4.69) is 10.1 Å². The monoisotopic (exact) mass is 211 g/mol. The van der Waals surface area contributed by atoms with Gasteiger partial charge in [0, 0.05) is 12.6 Å². The number of rotatable bonds is 4. The topological polar surface area (TPSA) is 77.0 Å². The summed E-state index contributed by atoms with van der Waals surface area (Å²) in [6.45, 7) is 6.80. The molecule has 0 bridgehead atoms. The summed E-state index contributed by atoms with van der Waals surface area (Å²) in [5.41, 5.74) is 5.35. The molecular formula is C9H17N5O. The van der Waals surface area contributed by atoms with Gasteiger partial charge in [-0.3, -0.25) is 4.79 Å². The Bertz CT molecular complexity index is 333. The lowest BCUT2D eigenvalue weighted by molar-refractivity contribution is -0.133. The summed E-state index contributed by atoms with van der Waals surface area (Å²) < 4.78 is 1.45. The van der Waals surface area contributed by atoms with E-state index in [4.69, 9.17) is 5.73 Å². The van der Waals surface area contributed by atoms with Crippen molar-refractivity contribution in [2.45, 2.75) is 33.4 Å². The first-order valence-electron chi connectivity index (χ1n) is 4.99. The van der Waals surface area contributed by atoms with Gasteiger partial charge in [-0.25, -0.2) is 9.67 Å². The van der Waals surface area contributed by atoms with E-state index >= 15 is 0 Å². The Morgan fingerprint density at radius 1 is 1.67 bits per heavy atom. The Morgan fingerprint density at radius 2 is 2.33 bits per heavy atom. The summed E-state index contributed by atoms with van der Waals surface area (Å²) in [4.78, 5) is 17.3. The zero-order chi connectivity index (χ0) is 11.4. The molecule has 0 aromatic carbocycles. The summed E-state index contributed by atoms with van der Waals surface area (Å²) >= 11 is 0. The van der Waals surface area contributed by atoms with Gasteiger partial charge < -0.3 is 10.6 Å². The van der Waals surface area contributed by atoms with Crippen LogP contribution in [0.3, 0.4) is 0 Å². The van der Waals surface area contributed by atoms with Crippen LogP contribution in [0.15, 0.2) is 6.33 Å². The first-order chi connectivity index (χ1) is 7.04. The smallest absolute Gasteiger partial charge is 0.244 e. The standard InChI is InChI=1S/C9H17N5O/c1-4-14(7(2)3)8(15)5-13-6-11-9(10)12-13/h6-7H,4-5H2,1-3H3,(H2,10,12). The summed E-state index contributed by atoms with van der Waals surface area (Å²) in [7, 11) is 0. The fraction of sp³-hybridized carbons (Fsp3) is 0.667. The summed E-state index contributed by atoms with van der Waals surface area (Å²) in [6, 6.07) is 0.198. The van der Waals surface area contributed by atoms with Gasteiger partial charge in [0.15, 0.2) is 0 Å². The Kier molecular flexibility index (Phi) is 3.65. The van der Waals surface area contributed by atoms with Crippen molar-refractivity contribution >= 4 is 11.9 Å². The normalized spacial score (nSPS) is 10.7. The second-order valence-electron chi connectivity index (χ2n) is 3.57. The van der Waals surface area contributed by atoms with E-state index < -0.39 is 0 Å². The van der Waals surface area contributed by atoms with Crippen LogP contribution in [-0.4, -0.2) is 38.2 Å². The SMILES string of the molecule is CCN(C(=O)Cn1cnc(N)n1)C(C)C. The fourth-order valence-electron chi connectivity index (χ4n) is 1.44. The number of amides is 1. The molecule has 0 atom stereocenters. The lowest BCUT2D eigenvalue weighted by Gasteiger charge is -2.24. The molecule has 6 heteroatoms. The number of carbonyl (C=O) groups excluding carboxylic acids is 1. The van der Waals surface area contributed by atoms with Crippen molar-refractivity contribution in [3.8, 4) is 0 Å². The van der Waals surface area contributed by atoms with E-state index in [0.29, 0.717) is 6.54 Å². The molecular weight excluding hydrogens is 194 g/mol. The van der Waals surface area contributed by atoms with E-state index in [1.807, 2.05) is 20.8 Å². The molecule has 0 unspecified atom stereocenters. The van der Waals surface area contributed by atoms with Crippen molar-refractivity contribution in [2.24, 2.45) is 0 Å². The van der Waals surface area contributed by atoms with Crippen molar-refractivity contribution in [3.63, 3.8) is 0 Å². The van der Waals surface area contributed by atoms with Gasteiger partial charge in [0.1, 0.15) is 12.9 Å². The third kappa shape index (κ3) is 2.93. The Morgan fingerprint density at radius 3 is 2.73 bits per heavy atom. The predicted molar refractivity (Wildman–Crippen MR) is 57.0 cm³/mol. The molecule has 0 radical (unpaired) electrons. The molecule has 6 nitrogen and oxygen atoms in total. The Balaban J connectivity index is 2.62. The molecule has 1 heterocycles. The van der Waals surface area contributed by atoms with Crippen LogP contribution in [-0.2, 0) is 11.3 Å². The van der Waals surface area contributed by atoms with Gasteiger partial charge in [-0.05, 0) is 20.8 Å². The van der Waals surface area contributed by atoms with Gasteiger partial charge in [-0.15, -0.1) is 5.10 Å². The van der Waals surface area contributed by atoms with Crippen LogP contribution in [0.1, 0.15) is 20.8 Å². The molecule has 0 aliphatic rings. The van der Waals surface area contributed by atoms with Gasteiger partial charge >= 0.3 is 0 Å². The van der Waals surface area contributed by atoms with Crippen molar-refractivity contribution in [2.75, 3.05) is 12.3 Å². The number of anilines is 1. The van der Waals surface area contributed by atoms with Crippen LogP contribution >= 0.6 is 0 Å². The maximum atomic E-state index is 11.8. The minimum Gasteiger partial charge on any atom is -0.367 e. The van der Waals surface area contributed by atoms with Crippen LogP contribution < -0.4 is 5.73 Å². The lowest BCUT2D eigenvalue weighted by atomic mass is 10.3. The average molecular weight is 211 g/mol. The van der Waals surface area contributed by atoms with Crippen molar-refractivity contribution in [3.05, 3.63) is 6.33 Å². The lowest BCUT2D eigenvalue weighted by Crippen LogP contribution is -2.38. The molecule has 0 aliphatic carbocycles. The summed E-state index contributed by atoms with van der Waals surface area (Å²) in [5.74, 6) is 0.216. The number of aromatic nitrogens is 3. The summed E-state index contributed by atoms with van der Waals surface area (Å²) in [5, 5.41) is 3.86. The first kappa shape index (κ1) is 11.5. The van der Waals surface area contributed by atoms with Gasteiger partial charge in [0.25, 0.3) is 0 Å². The number of nitrogen functional groups attached to an aromatic ring is 1. The Labute approximate surface area is 89.1 Å². The minimum atomic E-state index is 0.0254. The number of nitrogens with zero attached hydrogens (tertiary/aromatic N) is 4. The van der Waals surface area contributed by atoms with E-state index in [-0.39, 0.29) is 24.4 Å². The van der Waals surface area contributed by atoms with Crippen LogP contribution in [0.25, 0.3) is 0 Å². The molecule has 1 aromatic heterocycles. The highest BCUT2D eigenvalue weighted by Crippen LogP contribution is 2.00. The fourth-order valence-corrected chi connectivity index (χ4v) is 1.44. The van der Waals surface area contributed by atoms with E-state index in [1.54, 1.807) is 4.90 Å². The highest BCUT2D eigenvalue weighted by atomic mass is 16.2. The number of nitrogens with two attached hydrogens (primary N) is 1. The molecule has 1 aromatic rings. The zero-order valence-electron chi connectivity index (χ0n) is 9.34. The van der Waals surface area contributed by atoms with Gasteiger partial charge in [-0.1, -0.05) is 0 Å². The highest BCUT2D eigenvalue weighted by molar-refractivity contribution is 5.76. The quantitative estimate of drug-likeness (QED) is 0.767. The third-order valence-electron chi connectivity index (χ3n) is 2.14. The number of likely N-dealkylation sites (N-methyl/N-ethyl adjacent to an activating group) is 1. The third-order valence-corrected chi connectivity index (χ3v) is 2.14. The van der Waals surface area contributed by atoms with E-state index in [1.165, 1.54) is 11.0 Å². The van der Waals surface area contributed by atoms with Crippen LogP contribution in [0.2, 0.25) is 0 Å². The largest absolute Gasteiger partial charge is 0.367 e.